The lowest BCUT2D eigenvalue weighted by molar-refractivity contribution is 0.335. The number of benzene rings is 1. The van der Waals surface area contributed by atoms with Gasteiger partial charge in [0, 0.05) is 23.4 Å². The largest absolute Gasteiger partial charge is 0.494 e. The summed E-state index contributed by atoms with van der Waals surface area (Å²) in [6.07, 6.45) is 1.80. The van der Waals surface area contributed by atoms with E-state index in [1.807, 2.05) is 49.4 Å². The van der Waals surface area contributed by atoms with Crippen LogP contribution < -0.4 is 4.74 Å². The van der Waals surface area contributed by atoms with Crippen LogP contribution >= 0.6 is 11.6 Å². The lowest BCUT2D eigenvalue weighted by Crippen LogP contribution is -2.06. The molecular formula is C16H18ClNO. The highest BCUT2D eigenvalue weighted by Gasteiger charge is 2.22. The molecule has 0 spiro atoms. The number of aromatic nitrogens is 1. The molecule has 2 unspecified atom stereocenters. The van der Waals surface area contributed by atoms with Crippen molar-refractivity contribution in [1.29, 1.82) is 0 Å². The van der Waals surface area contributed by atoms with Crippen molar-refractivity contribution < 1.29 is 4.74 Å². The quantitative estimate of drug-likeness (QED) is 0.746. The van der Waals surface area contributed by atoms with Crippen LogP contribution in [-0.2, 0) is 0 Å². The summed E-state index contributed by atoms with van der Waals surface area (Å²) in [7, 11) is 0. The van der Waals surface area contributed by atoms with Gasteiger partial charge >= 0.3 is 0 Å². The van der Waals surface area contributed by atoms with Gasteiger partial charge in [0.15, 0.2) is 0 Å². The molecule has 3 heteroatoms. The molecule has 0 saturated carbocycles. The second-order valence-corrected chi connectivity index (χ2v) is 4.89. The zero-order chi connectivity index (χ0) is 13.7. The van der Waals surface area contributed by atoms with Crippen molar-refractivity contribution in [3.05, 3.63) is 59.9 Å². The molecule has 0 radical (unpaired) electrons. The molecule has 0 saturated heterocycles. The van der Waals surface area contributed by atoms with E-state index in [4.69, 9.17) is 16.3 Å². The van der Waals surface area contributed by atoms with E-state index in [9.17, 15) is 0 Å². The number of nitrogens with zero attached hydrogens (tertiary/aromatic N) is 1. The van der Waals surface area contributed by atoms with Crippen LogP contribution in [0.15, 0.2) is 48.7 Å². The Bertz CT molecular complexity index is 515. The first-order chi connectivity index (χ1) is 9.24. The standard InChI is InChI=1S/C16H18ClNO/c1-3-19-15-10-5-4-8-13(15)16(17)12(2)14-9-6-7-11-18-14/h4-12,16H,3H2,1-2H3. The third-order valence-electron chi connectivity index (χ3n) is 3.11. The molecule has 0 aliphatic rings. The number of hydrogen-bond acceptors (Lipinski definition) is 2. The van der Waals surface area contributed by atoms with E-state index in [2.05, 4.69) is 11.9 Å². The third-order valence-corrected chi connectivity index (χ3v) is 3.72. The number of hydrogen-bond donors (Lipinski definition) is 0. The molecule has 19 heavy (non-hydrogen) atoms. The molecule has 0 amide bonds. The van der Waals surface area contributed by atoms with Gasteiger partial charge in [-0.05, 0) is 25.1 Å². The summed E-state index contributed by atoms with van der Waals surface area (Å²) >= 11 is 6.61. The van der Waals surface area contributed by atoms with Gasteiger partial charge in [0.25, 0.3) is 0 Å². The highest BCUT2D eigenvalue weighted by molar-refractivity contribution is 6.21. The first-order valence-electron chi connectivity index (χ1n) is 6.50. The molecule has 2 aromatic rings. The van der Waals surface area contributed by atoms with Gasteiger partial charge in [-0.3, -0.25) is 4.98 Å². The Labute approximate surface area is 119 Å². The second-order valence-electron chi connectivity index (χ2n) is 4.42. The lowest BCUT2D eigenvalue weighted by Gasteiger charge is -2.20. The second kappa shape index (κ2) is 6.58. The van der Waals surface area contributed by atoms with E-state index in [0.29, 0.717) is 6.61 Å². The van der Waals surface area contributed by atoms with E-state index in [-0.39, 0.29) is 11.3 Å². The topological polar surface area (TPSA) is 22.1 Å². The maximum Gasteiger partial charge on any atom is 0.123 e. The Hall–Kier alpha value is -1.54. The summed E-state index contributed by atoms with van der Waals surface area (Å²) in [5, 5.41) is -0.155. The Morgan fingerprint density at radius 1 is 1.16 bits per heavy atom. The van der Waals surface area contributed by atoms with Crippen molar-refractivity contribution in [1.82, 2.24) is 4.98 Å². The molecule has 0 N–H and O–H groups in total. The van der Waals surface area contributed by atoms with Crippen molar-refractivity contribution in [2.24, 2.45) is 0 Å². The van der Waals surface area contributed by atoms with Crippen molar-refractivity contribution in [2.45, 2.75) is 25.1 Å². The molecular weight excluding hydrogens is 258 g/mol. The monoisotopic (exact) mass is 275 g/mol. The van der Waals surface area contributed by atoms with Crippen LogP contribution in [0.2, 0.25) is 0 Å². The van der Waals surface area contributed by atoms with Gasteiger partial charge in [-0.2, -0.15) is 0 Å². The van der Waals surface area contributed by atoms with Gasteiger partial charge in [-0.25, -0.2) is 0 Å². The zero-order valence-corrected chi connectivity index (χ0v) is 12.0. The molecule has 2 nitrogen and oxygen atoms in total. The number of halogens is 1. The van der Waals surface area contributed by atoms with Gasteiger partial charge in [-0.15, -0.1) is 11.6 Å². The average molecular weight is 276 g/mol. The predicted molar refractivity (Wildman–Crippen MR) is 78.9 cm³/mol. The molecule has 1 aromatic carbocycles. The average Bonchev–Trinajstić information content (AvgIpc) is 2.47. The van der Waals surface area contributed by atoms with Gasteiger partial charge in [0.2, 0.25) is 0 Å². The van der Waals surface area contributed by atoms with Crippen LogP contribution in [0.5, 0.6) is 5.75 Å². The first kappa shape index (κ1) is 13.9. The molecule has 2 rings (SSSR count). The minimum atomic E-state index is -0.155. The highest BCUT2D eigenvalue weighted by atomic mass is 35.5. The fourth-order valence-corrected chi connectivity index (χ4v) is 2.37. The molecule has 1 aromatic heterocycles. The van der Waals surface area contributed by atoms with E-state index < -0.39 is 0 Å². The summed E-state index contributed by atoms with van der Waals surface area (Å²) in [5.74, 6) is 0.984. The minimum Gasteiger partial charge on any atom is -0.494 e. The van der Waals surface area contributed by atoms with Crippen LogP contribution in [-0.4, -0.2) is 11.6 Å². The fraction of sp³-hybridized carbons (Fsp3) is 0.312. The van der Waals surface area contributed by atoms with Gasteiger partial charge in [0.1, 0.15) is 5.75 Å². The summed E-state index contributed by atoms with van der Waals surface area (Å²) in [6.45, 7) is 4.70. The number of pyridine rings is 1. The van der Waals surface area contributed by atoms with E-state index >= 15 is 0 Å². The van der Waals surface area contributed by atoms with E-state index in [1.54, 1.807) is 6.20 Å². The summed E-state index contributed by atoms with van der Waals surface area (Å²) in [5.41, 5.74) is 2.01. The Balaban J connectivity index is 2.26. The number of ether oxygens (including phenoxy) is 1. The SMILES string of the molecule is CCOc1ccccc1C(Cl)C(C)c1ccccn1. The summed E-state index contributed by atoms with van der Waals surface area (Å²) < 4.78 is 5.64. The summed E-state index contributed by atoms with van der Waals surface area (Å²) in [6, 6.07) is 13.8. The van der Waals surface area contributed by atoms with Gasteiger partial charge < -0.3 is 4.74 Å². The Morgan fingerprint density at radius 2 is 1.89 bits per heavy atom. The van der Waals surface area contributed by atoms with Crippen LogP contribution in [0.25, 0.3) is 0 Å². The minimum absolute atomic E-state index is 0.129. The maximum atomic E-state index is 6.61. The highest BCUT2D eigenvalue weighted by Crippen LogP contribution is 2.39. The number of rotatable bonds is 5. The molecule has 0 aliphatic heterocycles. The van der Waals surface area contributed by atoms with Crippen LogP contribution in [0, 0.1) is 0 Å². The Kier molecular flexibility index (Phi) is 4.80. The van der Waals surface area contributed by atoms with Crippen LogP contribution in [0.1, 0.15) is 36.4 Å². The van der Waals surface area contributed by atoms with Crippen molar-refractivity contribution >= 4 is 11.6 Å². The van der Waals surface area contributed by atoms with Gasteiger partial charge in [0.05, 0.1) is 12.0 Å². The Morgan fingerprint density at radius 3 is 2.58 bits per heavy atom. The predicted octanol–water partition coefficient (Wildman–Crippen LogP) is 4.56. The lowest BCUT2D eigenvalue weighted by atomic mass is 9.96. The maximum absolute atomic E-state index is 6.61. The molecule has 0 aliphatic carbocycles. The fourth-order valence-electron chi connectivity index (χ4n) is 2.06. The van der Waals surface area contributed by atoms with Crippen LogP contribution in [0.3, 0.4) is 0 Å². The van der Waals surface area contributed by atoms with Crippen LogP contribution in [0.4, 0.5) is 0 Å². The third kappa shape index (κ3) is 3.27. The van der Waals surface area contributed by atoms with E-state index in [0.717, 1.165) is 17.0 Å². The summed E-state index contributed by atoms with van der Waals surface area (Å²) in [4.78, 5) is 4.38. The van der Waals surface area contributed by atoms with Crippen molar-refractivity contribution in [3.63, 3.8) is 0 Å². The van der Waals surface area contributed by atoms with E-state index in [1.165, 1.54) is 0 Å². The molecule has 0 bridgehead atoms. The number of para-hydroxylation sites is 1. The number of alkyl halides is 1. The molecule has 1 heterocycles. The first-order valence-corrected chi connectivity index (χ1v) is 6.94. The zero-order valence-electron chi connectivity index (χ0n) is 11.2. The van der Waals surface area contributed by atoms with Crippen molar-refractivity contribution in [3.8, 4) is 5.75 Å². The molecule has 0 fully saturated rings. The van der Waals surface area contributed by atoms with Crippen molar-refractivity contribution in [2.75, 3.05) is 6.61 Å². The molecule has 2 atom stereocenters. The van der Waals surface area contributed by atoms with Gasteiger partial charge in [-0.1, -0.05) is 31.2 Å². The normalized spacial score (nSPS) is 13.8. The smallest absolute Gasteiger partial charge is 0.123 e. The molecule has 100 valence electrons.